The van der Waals surface area contributed by atoms with E-state index in [9.17, 15) is 4.21 Å². The molecule has 1 aliphatic heterocycles. The average molecular weight is 247 g/mol. The molecule has 80 valence electrons. The van der Waals surface area contributed by atoms with Crippen molar-refractivity contribution in [3.05, 3.63) is 48.5 Å². The molecule has 0 aliphatic carbocycles. The molecule has 0 saturated carbocycles. The van der Waals surface area contributed by atoms with Crippen LogP contribution >= 0.6 is 0 Å². The molecule has 0 bridgehead atoms. The molecule has 3 rings (SSSR count). The summed E-state index contributed by atoms with van der Waals surface area (Å²) < 4.78 is 20.5. The maximum atomic E-state index is 12.3. The quantitative estimate of drug-likeness (QED) is 0.652. The Morgan fingerprint density at radius 2 is 1.12 bits per heavy atom. The summed E-state index contributed by atoms with van der Waals surface area (Å²) in [7, 11) is -1.83. The predicted molar refractivity (Wildman–Crippen MR) is 64.2 cm³/mol. The largest absolute Gasteiger partial charge is 0.271 e. The van der Waals surface area contributed by atoms with E-state index in [0.717, 1.165) is 19.6 Å². The van der Waals surface area contributed by atoms with Gasteiger partial charge in [0.1, 0.15) is 0 Å². The fourth-order valence-corrected chi connectivity index (χ4v) is 5.08. The molecule has 0 saturated heterocycles. The van der Waals surface area contributed by atoms with Crippen molar-refractivity contribution in [2.75, 3.05) is 0 Å². The molecule has 0 aromatic heterocycles. The summed E-state index contributed by atoms with van der Waals surface area (Å²) in [6.45, 7) is 0. The Hall–Kier alpha value is -1.26. The van der Waals surface area contributed by atoms with Gasteiger partial charge in [0, 0.05) is 9.79 Å². The molecule has 1 aliphatic rings. The standard InChI is InChI=1S/C12H9NOS2/c13-15-9-5-1-3-7-11(9)16(14)12-8-4-2-6-10(12)15/h1-8,13H. The lowest BCUT2D eigenvalue weighted by atomic mass is 10.3. The highest BCUT2D eigenvalue weighted by Gasteiger charge is 2.24. The van der Waals surface area contributed by atoms with Crippen LogP contribution in [-0.4, -0.2) is 4.21 Å². The van der Waals surface area contributed by atoms with Crippen LogP contribution in [0.25, 0.3) is 0 Å². The van der Waals surface area contributed by atoms with Crippen molar-refractivity contribution in [1.29, 1.82) is 4.78 Å². The summed E-state index contributed by atoms with van der Waals surface area (Å²) in [5.41, 5.74) is 0. The third-order valence-electron chi connectivity index (χ3n) is 2.54. The molecule has 16 heavy (non-hydrogen) atoms. The second-order valence-electron chi connectivity index (χ2n) is 3.47. The highest BCUT2D eigenvalue weighted by atomic mass is 32.2. The molecule has 0 atom stereocenters. The summed E-state index contributed by atoms with van der Waals surface area (Å²) in [5.74, 6) is 0. The van der Waals surface area contributed by atoms with Crippen LogP contribution < -0.4 is 0 Å². The summed E-state index contributed by atoms with van der Waals surface area (Å²) >= 11 is 0. The molecule has 0 amide bonds. The Bertz CT molecular complexity index is 516. The minimum absolute atomic E-state index is 0.704. The highest BCUT2D eigenvalue weighted by molar-refractivity contribution is 7.91. The Kier molecular flexibility index (Phi) is 2.26. The molecule has 0 fully saturated rings. The van der Waals surface area contributed by atoms with Crippen LogP contribution in [0.15, 0.2) is 68.1 Å². The predicted octanol–water partition coefficient (Wildman–Crippen LogP) is 2.97. The first-order chi connectivity index (χ1) is 7.79. The van der Waals surface area contributed by atoms with Gasteiger partial charge in [-0.15, -0.1) is 0 Å². The Morgan fingerprint density at radius 3 is 1.56 bits per heavy atom. The molecule has 4 heteroatoms. The Morgan fingerprint density at radius 1 is 0.750 bits per heavy atom. The maximum Gasteiger partial charge on any atom is 0.0873 e. The van der Waals surface area contributed by atoms with Gasteiger partial charge in [0.15, 0.2) is 0 Å². The van der Waals surface area contributed by atoms with Gasteiger partial charge in [-0.1, -0.05) is 24.3 Å². The van der Waals surface area contributed by atoms with E-state index in [-0.39, 0.29) is 0 Å². The van der Waals surface area contributed by atoms with Gasteiger partial charge in [-0.3, -0.25) is 4.78 Å². The van der Waals surface area contributed by atoms with Gasteiger partial charge in [0.2, 0.25) is 0 Å². The fraction of sp³-hybridized carbons (Fsp3) is 0. The van der Waals surface area contributed by atoms with Gasteiger partial charge in [0.25, 0.3) is 0 Å². The topological polar surface area (TPSA) is 40.9 Å². The van der Waals surface area contributed by atoms with Crippen molar-refractivity contribution in [2.24, 2.45) is 0 Å². The zero-order valence-electron chi connectivity index (χ0n) is 8.34. The number of fused-ring (bicyclic) bond motifs is 2. The van der Waals surface area contributed by atoms with E-state index >= 15 is 0 Å². The highest BCUT2D eigenvalue weighted by Crippen LogP contribution is 2.35. The van der Waals surface area contributed by atoms with Crippen molar-refractivity contribution in [3.63, 3.8) is 0 Å². The van der Waals surface area contributed by atoms with Crippen LogP contribution in [0.2, 0.25) is 0 Å². The Labute approximate surface area is 98.7 Å². The smallest absolute Gasteiger partial charge is 0.0873 e. The summed E-state index contributed by atoms with van der Waals surface area (Å²) in [6.07, 6.45) is 0. The molecule has 0 spiro atoms. The van der Waals surface area contributed by atoms with Crippen LogP contribution in [0, 0.1) is 4.78 Å². The van der Waals surface area contributed by atoms with Gasteiger partial charge in [-0.2, -0.15) is 0 Å². The van der Waals surface area contributed by atoms with E-state index in [2.05, 4.69) is 0 Å². The van der Waals surface area contributed by atoms with Crippen molar-refractivity contribution < 1.29 is 4.21 Å². The molecule has 0 unspecified atom stereocenters. The van der Waals surface area contributed by atoms with Gasteiger partial charge in [-0.25, -0.2) is 4.21 Å². The van der Waals surface area contributed by atoms with E-state index in [1.54, 1.807) is 0 Å². The first kappa shape index (κ1) is 9.93. The van der Waals surface area contributed by atoms with Crippen molar-refractivity contribution in [3.8, 4) is 0 Å². The van der Waals surface area contributed by atoms with Crippen LogP contribution in [0.3, 0.4) is 0 Å². The average Bonchev–Trinajstić information content (AvgIpc) is 2.36. The monoisotopic (exact) mass is 247 g/mol. The lowest BCUT2D eigenvalue weighted by Crippen LogP contribution is -2.09. The molecular formula is C12H9NOS2. The molecular weight excluding hydrogens is 238 g/mol. The van der Waals surface area contributed by atoms with Crippen molar-refractivity contribution in [1.82, 2.24) is 0 Å². The van der Waals surface area contributed by atoms with Crippen LogP contribution in [0.5, 0.6) is 0 Å². The molecule has 2 nitrogen and oxygen atoms in total. The molecule has 2 aromatic carbocycles. The Balaban J connectivity index is 2.35. The third-order valence-corrected chi connectivity index (χ3v) is 5.90. The summed E-state index contributed by atoms with van der Waals surface area (Å²) in [6, 6.07) is 15.1. The molecule has 0 radical (unpaired) electrons. The molecule has 1 heterocycles. The zero-order valence-corrected chi connectivity index (χ0v) is 9.98. The third kappa shape index (κ3) is 1.30. The maximum absolute atomic E-state index is 12.3. The summed E-state index contributed by atoms with van der Waals surface area (Å²) in [4.78, 5) is 3.36. The minimum atomic E-state index is -1.12. The van der Waals surface area contributed by atoms with E-state index in [1.807, 2.05) is 48.5 Å². The minimum Gasteiger partial charge on any atom is -0.271 e. The lowest BCUT2D eigenvalue weighted by molar-refractivity contribution is 0.679. The molecule has 2 aromatic rings. The van der Waals surface area contributed by atoms with Crippen molar-refractivity contribution in [2.45, 2.75) is 19.6 Å². The normalized spacial score (nSPS) is 22.2. The number of benzene rings is 2. The number of nitrogens with one attached hydrogen (secondary N) is 1. The fourth-order valence-electron chi connectivity index (χ4n) is 1.78. The van der Waals surface area contributed by atoms with Gasteiger partial charge < -0.3 is 0 Å². The first-order valence-electron chi connectivity index (χ1n) is 4.84. The van der Waals surface area contributed by atoms with Crippen LogP contribution in [0.4, 0.5) is 0 Å². The van der Waals surface area contributed by atoms with E-state index in [4.69, 9.17) is 4.78 Å². The second-order valence-corrected chi connectivity index (χ2v) is 6.38. The van der Waals surface area contributed by atoms with E-state index in [1.165, 1.54) is 0 Å². The van der Waals surface area contributed by atoms with Gasteiger partial charge in [-0.05, 0) is 35.0 Å². The zero-order chi connectivity index (χ0) is 11.1. The number of hydrogen-bond acceptors (Lipinski definition) is 2. The lowest BCUT2D eigenvalue weighted by Gasteiger charge is -2.19. The van der Waals surface area contributed by atoms with Crippen LogP contribution in [0.1, 0.15) is 0 Å². The molecule has 1 N–H and O–H groups in total. The second kappa shape index (κ2) is 3.64. The van der Waals surface area contributed by atoms with Crippen LogP contribution in [-0.2, 0) is 21.5 Å². The van der Waals surface area contributed by atoms with Crippen molar-refractivity contribution >= 4 is 21.5 Å². The van der Waals surface area contributed by atoms with Gasteiger partial charge in [0.05, 0.1) is 20.6 Å². The summed E-state index contributed by atoms with van der Waals surface area (Å²) in [5, 5.41) is 0. The number of hydrogen-bond donors (Lipinski definition) is 1. The number of rotatable bonds is 0. The van der Waals surface area contributed by atoms with E-state index in [0.29, 0.717) is 0 Å². The van der Waals surface area contributed by atoms with E-state index < -0.39 is 21.5 Å². The van der Waals surface area contributed by atoms with Gasteiger partial charge >= 0.3 is 0 Å². The SMILES string of the molecule is N=S1c2ccccc2S(=O)c2ccccc21. The first-order valence-corrected chi connectivity index (χ1v) is 7.22.